The summed E-state index contributed by atoms with van der Waals surface area (Å²) in [4.78, 5) is 30.9. The van der Waals surface area contributed by atoms with Gasteiger partial charge in [-0.2, -0.15) is 0 Å². The Labute approximate surface area is 147 Å². The van der Waals surface area contributed by atoms with Crippen LogP contribution in [0.2, 0.25) is 0 Å². The lowest BCUT2D eigenvalue weighted by molar-refractivity contribution is -0.118. The molecule has 6 nitrogen and oxygen atoms in total. The maximum Gasteiger partial charge on any atom is 0.318 e. The molecule has 2 aromatic rings. The van der Waals surface area contributed by atoms with E-state index in [9.17, 15) is 9.59 Å². The van der Waals surface area contributed by atoms with Crippen LogP contribution in [0.4, 0.5) is 10.5 Å². The number of nitrogens with zero attached hydrogens (tertiary/aromatic N) is 2. The van der Waals surface area contributed by atoms with Crippen molar-refractivity contribution in [1.82, 2.24) is 15.2 Å². The van der Waals surface area contributed by atoms with Gasteiger partial charge in [0.1, 0.15) is 6.04 Å². The number of rotatable bonds is 5. The zero-order valence-electron chi connectivity index (χ0n) is 14.0. The van der Waals surface area contributed by atoms with Gasteiger partial charge in [0.05, 0.1) is 11.9 Å². The summed E-state index contributed by atoms with van der Waals surface area (Å²) in [6.07, 6.45) is 5.69. The minimum atomic E-state index is -0.643. The number of carbonyl (C=O) groups excluding carboxylic acids is 2. The largest absolute Gasteiger partial charge is 0.326 e. The monoisotopic (exact) mass is 338 g/mol. The SMILES string of the molecule is O=C(Nc1cccnc1)C(Cc1ccccc1)NC(=O)N1CCCC1. The van der Waals surface area contributed by atoms with E-state index in [4.69, 9.17) is 0 Å². The number of pyridine rings is 1. The van der Waals surface area contributed by atoms with Crippen molar-refractivity contribution in [3.05, 3.63) is 60.4 Å². The lowest BCUT2D eigenvalue weighted by Crippen LogP contribution is -2.49. The number of urea groups is 1. The highest BCUT2D eigenvalue weighted by atomic mass is 16.2. The van der Waals surface area contributed by atoms with Crippen molar-refractivity contribution in [1.29, 1.82) is 0 Å². The van der Waals surface area contributed by atoms with Crippen molar-refractivity contribution in [3.63, 3.8) is 0 Å². The van der Waals surface area contributed by atoms with E-state index >= 15 is 0 Å². The number of anilines is 1. The quantitative estimate of drug-likeness (QED) is 0.879. The summed E-state index contributed by atoms with van der Waals surface area (Å²) in [7, 11) is 0. The molecule has 0 saturated carbocycles. The number of benzene rings is 1. The van der Waals surface area contributed by atoms with Gasteiger partial charge in [-0.15, -0.1) is 0 Å². The fraction of sp³-hybridized carbons (Fsp3) is 0.316. The fourth-order valence-corrected chi connectivity index (χ4v) is 2.89. The predicted molar refractivity (Wildman–Crippen MR) is 96.1 cm³/mol. The van der Waals surface area contributed by atoms with E-state index in [-0.39, 0.29) is 11.9 Å². The van der Waals surface area contributed by atoms with Gasteiger partial charge in [0, 0.05) is 25.7 Å². The van der Waals surface area contributed by atoms with E-state index < -0.39 is 6.04 Å². The number of hydrogen-bond acceptors (Lipinski definition) is 3. The number of aromatic nitrogens is 1. The molecule has 6 heteroatoms. The van der Waals surface area contributed by atoms with Crippen LogP contribution in [0, 0.1) is 0 Å². The van der Waals surface area contributed by atoms with Crippen LogP contribution in [0.5, 0.6) is 0 Å². The highest BCUT2D eigenvalue weighted by Crippen LogP contribution is 2.11. The van der Waals surface area contributed by atoms with Crippen LogP contribution < -0.4 is 10.6 Å². The van der Waals surface area contributed by atoms with E-state index in [0.29, 0.717) is 12.1 Å². The van der Waals surface area contributed by atoms with E-state index in [1.165, 1.54) is 0 Å². The number of likely N-dealkylation sites (tertiary alicyclic amines) is 1. The minimum Gasteiger partial charge on any atom is -0.326 e. The average molecular weight is 338 g/mol. The fourth-order valence-electron chi connectivity index (χ4n) is 2.89. The maximum atomic E-state index is 12.7. The van der Waals surface area contributed by atoms with Gasteiger partial charge in [0.2, 0.25) is 5.91 Å². The van der Waals surface area contributed by atoms with Crippen molar-refractivity contribution in [2.24, 2.45) is 0 Å². The molecule has 1 aromatic heterocycles. The van der Waals surface area contributed by atoms with Gasteiger partial charge in [-0.25, -0.2) is 4.79 Å². The Kier molecular flexibility index (Phi) is 5.61. The van der Waals surface area contributed by atoms with Crippen molar-refractivity contribution >= 4 is 17.6 Å². The van der Waals surface area contributed by atoms with Crippen LogP contribution in [0.1, 0.15) is 18.4 Å². The number of carbonyl (C=O) groups is 2. The molecule has 0 radical (unpaired) electrons. The van der Waals surface area contributed by atoms with Gasteiger partial charge < -0.3 is 15.5 Å². The molecule has 2 heterocycles. The second-order valence-electron chi connectivity index (χ2n) is 6.12. The first-order chi connectivity index (χ1) is 12.2. The zero-order valence-corrected chi connectivity index (χ0v) is 14.0. The van der Waals surface area contributed by atoms with Crippen molar-refractivity contribution in [2.75, 3.05) is 18.4 Å². The molecule has 1 aliphatic heterocycles. The normalized spacial score (nSPS) is 14.8. The zero-order chi connectivity index (χ0) is 17.5. The van der Waals surface area contributed by atoms with Crippen LogP contribution in [0.3, 0.4) is 0 Å². The van der Waals surface area contributed by atoms with E-state index in [0.717, 1.165) is 31.5 Å². The summed E-state index contributed by atoms with van der Waals surface area (Å²) in [6.45, 7) is 1.49. The molecule has 0 bridgehead atoms. The van der Waals surface area contributed by atoms with Crippen LogP contribution in [-0.2, 0) is 11.2 Å². The standard InChI is InChI=1S/C19H22N4O2/c24-18(21-16-9-6-10-20-14-16)17(13-15-7-2-1-3-8-15)22-19(25)23-11-4-5-12-23/h1-3,6-10,14,17H,4-5,11-13H2,(H,21,24)(H,22,25). The molecular weight excluding hydrogens is 316 g/mol. The van der Waals surface area contributed by atoms with Gasteiger partial charge in [-0.05, 0) is 30.5 Å². The van der Waals surface area contributed by atoms with Crippen LogP contribution in [0.15, 0.2) is 54.9 Å². The Hall–Kier alpha value is -2.89. The third-order valence-electron chi connectivity index (χ3n) is 4.22. The Morgan fingerprint density at radius 2 is 1.84 bits per heavy atom. The maximum absolute atomic E-state index is 12.7. The van der Waals surface area contributed by atoms with E-state index in [2.05, 4.69) is 15.6 Å². The van der Waals surface area contributed by atoms with E-state index in [1.54, 1.807) is 29.4 Å². The molecule has 130 valence electrons. The molecule has 25 heavy (non-hydrogen) atoms. The van der Waals surface area contributed by atoms with Gasteiger partial charge in [-0.3, -0.25) is 9.78 Å². The highest BCUT2D eigenvalue weighted by Gasteiger charge is 2.25. The Morgan fingerprint density at radius 1 is 1.08 bits per heavy atom. The lowest BCUT2D eigenvalue weighted by Gasteiger charge is -2.23. The summed E-state index contributed by atoms with van der Waals surface area (Å²) in [5.41, 5.74) is 1.61. The molecule has 1 aromatic carbocycles. The van der Waals surface area contributed by atoms with Crippen molar-refractivity contribution in [2.45, 2.75) is 25.3 Å². The van der Waals surface area contributed by atoms with Gasteiger partial charge in [-0.1, -0.05) is 30.3 Å². The Morgan fingerprint density at radius 3 is 2.52 bits per heavy atom. The highest BCUT2D eigenvalue weighted by molar-refractivity contribution is 5.97. The summed E-state index contributed by atoms with van der Waals surface area (Å²) < 4.78 is 0. The summed E-state index contributed by atoms with van der Waals surface area (Å²) in [5.74, 6) is -0.246. The number of hydrogen-bond donors (Lipinski definition) is 2. The third kappa shape index (κ3) is 4.79. The minimum absolute atomic E-state index is 0.181. The smallest absolute Gasteiger partial charge is 0.318 e. The van der Waals surface area contributed by atoms with Crippen LogP contribution in [-0.4, -0.2) is 41.0 Å². The van der Waals surface area contributed by atoms with Crippen molar-refractivity contribution < 1.29 is 9.59 Å². The van der Waals surface area contributed by atoms with Crippen LogP contribution in [0.25, 0.3) is 0 Å². The van der Waals surface area contributed by atoms with Crippen LogP contribution >= 0.6 is 0 Å². The molecule has 0 aliphatic carbocycles. The van der Waals surface area contributed by atoms with Crippen molar-refractivity contribution in [3.8, 4) is 0 Å². The summed E-state index contributed by atoms with van der Waals surface area (Å²) in [6, 6.07) is 12.4. The molecule has 1 saturated heterocycles. The Bertz CT molecular complexity index is 700. The second kappa shape index (κ2) is 8.28. The second-order valence-corrected chi connectivity index (χ2v) is 6.12. The first kappa shape index (κ1) is 17.0. The Balaban J connectivity index is 1.70. The molecule has 3 amide bonds. The number of nitrogens with one attached hydrogen (secondary N) is 2. The first-order valence-corrected chi connectivity index (χ1v) is 8.52. The lowest BCUT2D eigenvalue weighted by atomic mass is 10.1. The molecule has 1 aliphatic rings. The molecule has 3 rings (SSSR count). The van der Waals surface area contributed by atoms with Gasteiger partial charge >= 0.3 is 6.03 Å². The molecule has 1 atom stereocenters. The van der Waals surface area contributed by atoms with Gasteiger partial charge in [0.15, 0.2) is 0 Å². The molecule has 2 N–H and O–H groups in total. The molecule has 0 spiro atoms. The average Bonchev–Trinajstić information content (AvgIpc) is 3.18. The molecule has 1 fully saturated rings. The van der Waals surface area contributed by atoms with E-state index in [1.807, 2.05) is 30.3 Å². The molecular formula is C19H22N4O2. The third-order valence-corrected chi connectivity index (χ3v) is 4.22. The predicted octanol–water partition coefficient (Wildman–Crippen LogP) is 2.44. The topological polar surface area (TPSA) is 74.3 Å². The first-order valence-electron chi connectivity index (χ1n) is 8.52. The summed E-state index contributed by atoms with van der Waals surface area (Å²) >= 11 is 0. The van der Waals surface area contributed by atoms with Gasteiger partial charge in [0.25, 0.3) is 0 Å². The molecule has 1 unspecified atom stereocenters. The summed E-state index contributed by atoms with van der Waals surface area (Å²) in [5, 5.41) is 5.71. The number of amides is 3.